The molecule has 2 aromatic carbocycles. The van der Waals surface area contributed by atoms with Crippen molar-refractivity contribution in [1.82, 2.24) is 5.43 Å². The molecule has 1 aliphatic rings. The van der Waals surface area contributed by atoms with Gasteiger partial charge in [0.25, 0.3) is 5.91 Å². The number of nitrogens with zero attached hydrogens (tertiary/aromatic N) is 1. The summed E-state index contributed by atoms with van der Waals surface area (Å²) in [6.45, 7) is 6.30. The van der Waals surface area contributed by atoms with Crippen LogP contribution >= 0.6 is 0 Å². The number of nitrogens with one attached hydrogen (secondary N) is 1. The average molecular weight is 310 g/mol. The summed E-state index contributed by atoms with van der Waals surface area (Å²) in [5.74, 6) is 0.935. The predicted octanol–water partition coefficient (Wildman–Crippen LogP) is 3.10. The molecule has 1 aliphatic heterocycles. The maximum absolute atomic E-state index is 12.1. The molecule has 5 heteroatoms. The summed E-state index contributed by atoms with van der Waals surface area (Å²) in [7, 11) is 0. The minimum absolute atomic E-state index is 0.185. The first-order valence-electron chi connectivity index (χ1n) is 7.35. The van der Waals surface area contributed by atoms with Gasteiger partial charge in [0.1, 0.15) is 0 Å². The Labute approximate surface area is 134 Å². The first kappa shape index (κ1) is 15.1. The van der Waals surface area contributed by atoms with E-state index < -0.39 is 0 Å². The SMILES string of the molecule is Cc1cc(C)c(/C=N\NC(=O)c2ccc3c(c2)OCO3)c(C)c1. The van der Waals surface area contributed by atoms with Crippen LogP contribution in [0.25, 0.3) is 0 Å². The van der Waals surface area contributed by atoms with Crippen molar-refractivity contribution in [2.45, 2.75) is 20.8 Å². The Bertz CT molecular complexity index is 774. The topological polar surface area (TPSA) is 59.9 Å². The van der Waals surface area contributed by atoms with E-state index in [9.17, 15) is 4.79 Å². The maximum Gasteiger partial charge on any atom is 0.271 e. The number of hydrogen-bond acceptors (Lipinski definition) is 4. The van der Waals surface area contributed by atoms with E-state index in [-0.39, 0.29) is 12.7 Å². The van der Waals surface area contributed by atoms with Gasteiger partial charge in [0.15, 0.2) is 11.5 Å². The number of hydrogen-bond donors (Lipinski definition) is 1. The Kier molecular flexibility index (Phi) is 4.02. The minimum atomic E-state index is -0.290. The average Bonchev–Trinajstić information content (AvgIpc) is 2.97. The molecule has 1 amide bonds. The van der Waals surface area contributed by atoms with Gasteiger partial charge in [-0.2, -0.15) is 5.10 Å². The molecule has 0 aliphatic carbocycles. The Morgan fingerprint density at radius 1 is 1.09 bits per heavy atom. The molecule has 0 radical (unpaired) electrons. The van der Waals surface area contributed by atoms with Crippen molar-refractivity contribution in [3.05, 3.63) is 58.1 Å². The van der Waals surface area contributed by atoms with E-state index in [1.165, 1.54) is 5.56 Å². The molecular formula is C18H18N2O3. The van der Waals surface area contributed by atoms with E-state index in [0.29, 0.717) is 17.1 Å². The number of hydrazone groups is 1. The molecule has 0 saturated heterocycles. The van der Waals surface area contributed by atoms with Crippen LogP contribution in [-0.2, 0) is 0 Å². The van der Waals surface area contributed by atoms with E-state index >= 15 is 0 Å². The molecule has 118 valence electrons. The van der Waals surface area contributed by atoms with Crippen molar-refractivity contribution in [2.75, 3.05) is 6.79 Å². The van der Waals surface area contributed by atoms with Gasteiger partial charge in [-0.1, -0.05) is 17.7 Å². The molecule has 0 fully saturated rings. The fourth-order valence-corrected chi connectivity index (χ4v) is 2.65. The first-order chi connectivity index (χ1) is 11.0. The number of ether oxygens (including phenoxy) is 2. The highest BCUT2D eigenvalue weighted by Gasteiger charge is 2.15. The molecule has 2 aromatic rings. The standard InChI is InChI=1S/C18H18N2O3/c1-11-6-12(2)15(13(3)7-11)9-19-20-18(21)14-4-5-16-17(8-14)23-10-22-16/h4-9H,10H2,1-3H3,(H,20,21)/b19-9-. The van der Waals surface area contributed by atoms with Crippen LogP contribution in [0.5, 0.6) is 11.5 Å². The van der Waals surface area contributed by atoms with Gasteiger partial charge < -0.3 is 9.47 Å². The first-order valence-corrected chi connectivity index (χ1v) is 7.35. The third-order valence-electron chi connectivity index (χ3n) is 3.73. The van der Waals surface area contributed by atoms with Crippen molar-refractivity contribution in [1.29, 1.82) is 0 Å². The Morgan fingerprint density at radius 3 is 2.52 bits per heavy atom. The second kappa shape index (κ2) is 6.12. The number of aryl methyl sites for hydroxylation is 3. The predicted molar refractivity (Wildman–Crippen MR) is 88.3 cm³/mol. The van der Waals surface area contributed by atoms with Crippen LogP contribution in [0, 0.1) is 20.8 Å². The normalized spacial score (nSPS) is 12.7. The van der Waals surface area contributed by atoms with Crippen LogP contribution in [0.4, 0.5) is 0 Å². The van der Waals surface area contributed by atoms with Crippen molar-refractivity contribution < 1.29 is 14.3 Å². The van der Waals surface area contributed by atoms with Gasteiger partial charge in [-0.15, -0.1) is 0 Å². The lowest BCUT2D eigenvalue weighted by atomic mass is 10.0. The van der Waals surface area contributed by atoms with Crippen LogP contribution < -0.4 is 14.9 Å². The molecule has 3 rings (SSSR count). The zero-order valence-electron chi connectivity index (χ0n) is 13.3. The largest absolute Gasteiger partial charge is 0.454 e. The monoisotopic (exact) mass is 310 g/mol. The van der Waals surface area contributed by atoms with E-state index in [0.717, 1.165) is 16.7 Å². The van der Waals surface area contributed by atoms with Gasteiger partial charge in [0.2, 0.25) is 6.79 Å². The molecular weight excluding hydrogens is 292 g/mol. The highest BCUT2D eigenvalue weighted by molar-refractivity contribution is 5.95. The molecule has 5 nitrogen and oxygen atoms in total. The van der Waals surface area contributed by atoms with E-state index in [4.69, 9.17) is 9.47 Å². The number of rotatable bonds is 3. The van der Waals surface area contributed by atoms with Crippen LogP contribution in [0.3, 0.4) is 0 Å². The van der Waals surface area contributed by atoms with Crippen molar-refractivity contribution in [2.24, 2.45) is 5.10 Å². The zero-order valence-corrected chi connectivity index (χ0v) is 13.3. The van der Waals surface area contributed by atoms with E-state index in [2.05, 4.69) is 29.6 Å². The van der Waals surface area contributed by atoms with Crippen molar-refractivity contribution in [3.63, 3.8) is 0 Å². The van der Waals surface area contributed by atoms with E-state index in [1.54, 1.807) is 24.4 Å². The van der Waals surface area contributed by atoms with Crippen LogP contribution in [0.2, 0.25) is 0 Å². The lowest BCUT2D eigenvalue weighted by molar-refractivity contribution is 0.0954. The van der Waals surface area contributed by atoms with E-state index in [1.807, 2.05) is 13.8 Å². The summed E-state index contributed by atoms with van der Waals surface area (Å²) in [6, 6.07) is 9.23. The highest BCUT2D eigenvalue weighted by atomic mass is 16.7. The fourth-order valence-electron chi connectivity index (χ4n) is 2.65. The Morgan fingerprint density at radius 2 is 1.78 bits per heavy atom. The van der Waals surface area contributed by atoms with Gasteiger partial charge in [-0.25, -0.2) is 5.43 Å². The summed E-state index contributed by atoms with van der Waals surface area (Å²) >= 11 is 0. The summed E-state index contributed by atoms with van der Waals surface area (Å²) < 4.78 is 10.5. The summed E-state index contributed by atoms with van der Waals surface area (Å²) in [5, 5.41) is 4.07. The van der Waals surface area contributed by atoms with Crippen LogP contribution in [0.15, 0.2) is 35.4 Å². The Hall–Kier alpha value is -2.82. The number of amides is 1. The molecule has 1 N–H and O–H groups in total. The molecule has 0 aromatic heterocycles. The lowest BCUT2D eigenvalue weighted by Crippen LogP contribution is -2.17. The van der Waals surface area contributed by atoms with Gasteiger partial charge in [0.05, 0.1) is 6.21 Å². The highest BCUT2D eigenvalue weighted by Crippen LogP contribution is 2.32. The van der Waals surface area contributed by atoms with Gasteiger partial charge >= 0.3 is 0 Å². The minimum Gasteiger partial charge on any atom is -0.454 e. The molecule has 0 spiro atoms. The number of fused-ring (bicyclic) bond motifs is 1. The fraction of sp³-hybridized carbons (Fsp3) is 0.222. The number of carbonyl (C=O) groups excluding carboxylic acids is 1. The smallest absolute Gasteiger partial charge is 0.271 e. The van der Waals surface area contributed by atoms with Crippen molar-refractivity contribution in [3.8, 4) is 11.5 Å². The zero-order chi connectivity index (χ0) is 16.4. The molecule has 0 unspecified atom stereocenters. The van der Waals surface area contributed by atoms with Gasteiger partial charge in [-0.05, 0) is 50.1 Å². The third-order valence-corrected chi connectivity index (χ3v) is 3.73. The second-order valence-electron chi connectivity index (χ2n) is 5.58. The maximum atomic E-state index is 12.1. The van der Waals surface area contributed by atoms with Crippen molar-refractivity contribution >= 4 is 12.1 Å². The van der Waals surface area contributed by atoms with Gasteiger partial charge in [0, 0.05) is 11.1 Å². The number of carbonyl (C=O) groups is 1. The number of benzene rings is 2. The Balaban J connectivity index is 1.72. The van der Waals surface area contributed by atoms with Gasteiger partial charge in [-0.3, -0.25) is 4.79 Å². The summed E-state index contributed by atoms with van der Waals surface area (Å²) in [6.07, 6.45) is 1.68. The second-order valence-corrected chi connectivity index (χ2v) is 5.58. The summed E-state index contributed by atoms with van der Waals surface area (Å²) in [5.41, 5.74) is 7.50. The summed E-state index contributed by atoms with van der Waals surface area (Å²) in [4.78, 5) is 12.1. The molecule has 0 atom stereocenters. The third kappa shape index (κ3) is 3.18. The van der Waals surface area contributed by atoms with Crippen LogP contribution in [-0.4, -0.2) is 18.9 Å². The molecule has 0 saturated carbocycles. The quantitative estimate of drug-likeness (QED) is 0.700. The van der Waals surface area contributed by atoms with Crippen LogP contribution in [0.1, 0.15) is 32.6 Å². The molecule has 1 heterocycles. The lowest BCUT2D eigenvalue weighted by Gasteiger charge is -2.06. The molecule has 23 heavy (non-hydrogen) atoms. The molecule has 0 bridgehead atoms.